The van der Waals surface area contributed by atoms with Crippen LogP contribution in [0.2, 0.25) is 0 Å². The Kier molecular flexibility index (Phi) is 5.23. The summed E-state index contributed by atoms with van der Waals surface area (Å²) >= 11 is 0. The van der Waals surface area contributed by atoms with Gasteiger partial charge in [-0.25, -0.2) is 0 Å². The maximum absolute atomic E-state index is 13.7. The first-order valence-corrected chi connectivity index (χ1v) is 11.4. The molecule has 5 heteroatoms. The summed E-state index contributed by atoms with van der Waals surface area (Å²) < 4.78 is 47.1. The topological polar surface area (TPSA) is 25.0 Å². The van der Waals surface area contributed by atoms with E-state index in [4.69, 9.17) is 4.74 Å². The number of ether oxygens (including phenoxy) is 1. The van der Waals surface area contributed by atoms with Crippen LogP contribution in [0.4, 0.5) is 13.2 Å². The number of alkyl halides is 3. The second kappa shape index (κ2) is 7.92. The molecule has 5 rings (SSSR count). The molecule has 1 fully saturated rings. The predicted molar refractivity (Wildman–Crippen MR) is 119 cm³/mol. The zero-order valence-corrected chi connectivity index (χ0v) is 17.8. The first-order valence-electron chi connectivity index (χ1n) is 11.4. The van der Waals surface area contributed by atoms with Gasteiger partial charge in [-0.1, -0.05) is 31.9 Å². The van der Waals surface area contributed by atoms with Crippen LogP contribution < -0.4 is 4.74 Å². The Bertz CT molecular complexity index is 1100. The number of benzene rings is 2. The molecule has 0 spiro atoms. The minimum Gasteiger partial charge on any atom is -0.489 e. The van der Waals surface area contributed by atoms with Crippen LogP contribution in [0.5, 0.6) is 5.75 Å². The molecule has 2 aliphatic rings. The normalized spacial score (nSPS) is 19.3. The van der Waals surface area contributed by atoms with Crippen molar-refractivity contribution in [2.45, 2.75) is 76.5 Å². The summed E-state index contributed by atoms with van der Waals surface area (Å²) in [6.45, 7) is 2.34. The van der Waals surface area contributed by atoms with Crippen molar-refractivity contribution < 1.29 is 19.3 Å². The third-order valence-electron chi connectivity index (χ3n) is 7.18. The lowest BCUT2D eigenvalue weighted by Gasteiger charge is -2.19. The number of hydrogen-bond donors (Lipinski definition) is 1. The lowest BCUT2D eigenvalue weighted by atomic mass is 9.91. The van der Waals surface area contributed by atoms with Gasteiger partial charge >= 0.3 is 6.18 Å². The fraction of sp³-hybridized carbons (Fsp3) is 0.462. The smallest absolute Gasteiger partial charge is 0.416 e. The number of fused-ring (bicyclic) bond motifs is 3. The van der Waals surface area contributed by atoms with Crippen molar-refractivity contribution in [3.63, 3.8) is 0 Å². The van der Waals surface area contributed by atoms with Gasteiger partial charge in [0.1, 0.15) is 12.4 Å². The number of hydrogen-bond acceptors (Lipinski definition) is 1. The van der Waals surface area contributed by atoms with Crippen molar-refractivity contribution in [3.05, 3.63) is 64.3 Å². The second-order valence-electron chi connectivity index (χ2n) is 9.06. The van der Waals surface area contributed by atoms with Crippen molar-refractivity contribution in [3.8, 4) is 5.75 Å². The third kappa shape index (κ3) is 3.83. The zero-order valence-electron chi connectivity index (χ0n) is 17.8. The van der Waals surface area contributed by atoms with Crippen molar-refractivity contribution >= 4 is 10.9 Å². The molecule has 0 amide bonds. The van der Waals surface area contributed by atoms with Crippen LogP contribution in [-0.4, -0.2) is 4.98 Å². The largest absolute Gasteiger partial charge is 0.489 e. The van der Waals surface area contributed by atoms with Crippen molar-refractivity contribution in [1.29, 1.82) is 0 Å². The molecule has 0 bridgehead atoms. The molecule has 1 N–H and O–H groups in total. The van der Waals surface area contributed by atoms with Gasteiger partial charge in [0.25, 0.3) is 0 Å². The summed E-state index contributed by atoms with van der Waals surface area (Å²) in [5, 5.41) is 1.18. The number of nitrogens with one attached hydrogen (secondary N) is 1. The van der Waals surface area contributed by atoms with E-state index in [1.54, 1.807) is 12.1 Å². The van der Waals surface area contributed by atoms with Crippen molar-refractivity contribution in [1.82, 2.24) is 4.98 Å². The molecule has 0 aliphatic heterocycles. The number of H-pyrrole nitrogens is 1. The molecule has 3 aromatic rings. The molecule has 2 aliphatic carbocycles. The van der Waals surface area contributed by atoms with E-state index in [1.807, 2.05) is 18.2 Å². The monoisotopic (exact) mass is 429 g/mol. The zero-order chi connectivity index (χ0) is 21.6. The first kappa shape index (κ1) is 20.5. The lowest BCUT2D eigenvalue weighted by Crippen LogP contribution is -2.12. The Hall–Kier alpha value is -2.43. The Morgan fingerprint density at radius 1 is 1.06 bits per heavy atom. The molecule has 1 unspecified atom stereocenters. The molecule has 1 heterocycles. The van der Waals surface area contributed by atoms with E-state index in [0.29, 0.717) is 22.8 Å². The number of rotatable bonds is 5. The van der Waals surface area contributed by atoms with Crippen molar-refractivity contribution in [2.24, 2.45) is 0 Å². The number of halogens is 3. The van der Waals surface area contributed by atoms with Crippen LogP contribution in [0, 0.1) is 0 Å². The molecular weight excluding hydrogens is 399 g/mol. The van der Waals surface area contributed by atoms with Gasteiger partial charge in [0, 0.05) is 18.0 Å². The van der Waals surface area contributed by atoms with Gasteiger partial charge < -0.3 is 9.72 Å². The van der Waals surface area contributed by atoms with Gasteiger partial charge in [-0.3, -0.25) is 0 Å². The number of aromatic amines is 1. The summed E-state index contributed by atoms with van der Waals surface area (Å²) in [5.41, 5.74) is 4.32. The van der Waals surface area contributed by atoms with E-state index < -0.39 is 11.7 Å². The minimum atomic E-state index is -4.34. The maximum Gasteiger partial charge on any atom is 0.416 e. The molecule has 31 heavy (non-hydrogen) atoms. The van der Waals surface area contributed by atoms with Crippen LogP contribution in [0.1, 0.15) is 86.7 Å². The van der Waals surface area contributed by atoms with Crippen LogP contribution in [0.25, 0.3) is 10.9 Å². The lowest BCUT2D eigenvalue weighted by molar-refractivity contribution is -0.138. The molecule has 166 valence electrons. The Morgan fingerprint density at radius 2 is 1.87 bits per heavy atom. The molecule has 2 aromatic carbocycles. The highest BCUT2D eigenvalue weighted by Crippen LogP contribution is 2.42. The summed E-state index contributed by atoms with van der Waals surface area (Å²) in [5.74, 6) is 1.31. The molecule has 1 saturated carbocycles. The maximum atomic E-state index is 13.7. The first-order chi connectivity index (χ1) is 14.9. The molecule has 0 saturated heterocycles. The Labute approximate surface area is 182 Å². The average molecular weight is 430 g/mol. The predicted octanol–water partition coefficient (Wildman–Crippen LogP) is 8.11. The number of aryl methyl sites for hydroxylation is 1. The van der Waals surface area contributed by atoms with Crippen LogP contribution in [-0.2, 0) is 19.2 Å². The van der Waals surface area contributed by atoms with E-state index >= 15 is 0 Å². The van der Waals surface area contributed by atoms with Crippen LogP contribution in [0.15, 0.2) is 36.4 Å². The Morgan fingerprint density at radius 3 is 2.61 bits per heavy atom. The fourth-order valence-electron chi connectivity index (χ4n) is 5.52. The molecular formula is C26H30F3NO. The second-order valence-corrected chi connectivity index (χ2v) is 9.06. The molecule has 2 nitrogen and oxygen atoms in total. The van der Waals surface area contributed by atoms with Gasteiger partial charge in [0.2, 0.25) is 0 Å². The quantitative estimate of drug-likeness (QED) is 0.435. The van der Waals surface area contributed by atoms with E-state index in [0.717, 1.165) is 44.0 Å². The minimum absolute atomic E-state index is 0. The number of aromatic nitrogens is 1. The van der Waals surface area contributed by atoms with Gasteiger partial charge in [0.15, 0.2) is 0 Å². The SMILES string of the molecule is CCC1CCc2c1[nH]c1ccc(OCc3ccc(C4CCCC4)c(C(F)(F)F)c3)cc21.[HH]. The highest BCUT2D eigenvalue weighted by Gasteiger charge is 2.36. The van der Waals surface area contributed by atoms with E-state index in [-0.39, 0.29) is 14.0 Å². The molecule has 1 atom stereocenters. The van der Waals surface area contributed by atoms with Gasteiger partial charge in [-0.2, -0.15) is 13.2 Å². The summed E-state index contributed by atoms with van der Waals surface area (Å²) in [4.78, 5) is 3.55. The van der Waals surface area contributed by atoms with E-state index in [1.165, 1.54) is 29.1 Å². The van der Waals surface area contributed by atoms with Crippen molar-refractivity contribution in [2.75, 3.05) is 0 Å². The van der Waals surface area contributed by atoms with Gasteiger partial charge in [-0.05, 0) is 84.9 Å². The Balaban J connectivity index is 0.00000245. The van der Waals surface area contributed by atoms with E-state index in [9.17, 15) is 13.2 Å². The standard InChI is InChI=1S/C26H28F3NO.H2/c1-2-17-8-11-21-22-14-19(9-12-24(22)30-25(17)21)31-15-16-7-10-20(18-5-3-4-6-18)23(13-16)26(27,28)29;/h7,9-10,12-14,17-18,30H,2-6,8,11,15H2,1H3;1H. The molecule has 0 radical (unpaired) electrons. The average Bonchev–Trinajstić information content (AvgIpc) is 3.48. The summed E-state index contributed by atoms with van der Waals surface area (Å²) in [6.07, 6.45) is 2.74. The van der Waals surface area contributed by atoms with E-state index in [2.05, 4.69) is 11.9 Å². The van der Waals surface area contributed by atoms with Gasteiger partial charge in [0.05, 0.1) is 5.56 Å². The fourth-order valence-corrected chi connectivity index (χ4v) is 5.52. The highest BCUT2D eigenvalue weighted by atomic mass is 19.4. The van der Waals surface area contributed by atoms with Crippen LogP contribution >= 0.6 is 0 Å². The summed E-state index contributed by atoms with van der Waals surface area (Å²) in [6, 6.07) is 10.7. The third-order valence-corrected chi connectivity index (χ3v) is 7.18. The van der Waals surface area contributed by atoms with Crippen LogP contribution in [0.3, 0.4) is 0 Å². The summed E-state index contributed by atoms with van der Waals surface area (Å²) in [7, 11) is 0. The highest BCUT2D eigenvalue weighted by molar-refractivity contribution is 5.86. The van der Waals surface area contributed by atoms with Gasteiger partial charge in [-0.15, -0.1) is 0 Å². The molecule has 1 aromatic heterocycles.